The number of phenols is 1. The molecular formula is C24H27ClN2O6S. The van der Waals surface area contributed by atoms with Gasteiger partial charge in [-0.3, -0.25) is 10.0 Å². The average Bonchev–Trinajstić information content (AvgIpc) is 2.82. The van der Waals surface area contributed by atoms with Gasteiger partial charge in [-0.2, -0.15) is 0 Å². The SMILES string of the molecule is O=S(=O)(Nc1cc(OCC(O)CN[C@@H](O)CCc2ccccc2)ccc1O)c1ccc(Cl)cc1. The Morgan fingerprint density at radius 1 is 0.971 bits per heavy atom. The van der Waals surface area contributed by atoms with Crippen molar-refractivity contribution in [2.24, 2.45) is 0 Å². The van der Waals surface area contributed by atoms with Gasteiger partial charge < -0.3 is 20.1 Å². The number of halogens is 1. The van der Waals surface area contributed by atoms with Crippen LogP contribution in [0.25, 0.3) is 0 Å². The molecule has 3 rings (SSSR count). The fourth-order valence-electron chi connectivity index (χ4n) is 3.08. The lowest BCUT2D eigenvalue weighted by Crippen LogP contribution is -2.38. The zero-order valence-electron chi connectivity index (χ0n) is 18.3. The molecule has 0 heterocycles. The van der Waals surface area contributed by atoms with E-state index in [0.29, 0.717) is 17.9 Å². The van der Waals surface area contributed by atoms with Gasteiger partial charge in [-0.1, -0.05) is 41.9 Å². The van der Waals surface area contributed by atoms with E-state index in [4.69, 9.17) is 16.3 Å². The van der Waals surface area contributed by atoms with Crippen LogP contribution in [0.2, 0.25) is 5.02 Å². The summed E-state index contributed by atoms with van der Waals surface area (Å²) in [5.74, 6) is -0.0380. The molecule has 2 atom stereocenters. The first-order valence-corrected chi connectivity index (χ1v) is 12.5. The molecule has 0 aliphatic carbocycles. The highest BCUT2D eigenvalue weighted by atomic mass is 35.5. The van der Waals surface area contributed by atoms with Gasteiger partial charge in [0.05, 0.1) is 10.6 Å². The van der Waals surface area contributed by atoms with Gasteiger partial charge in [0, 0.05) is 17.6 Å². The normalized spacial score (nSPS) is 13.3. The molecule has 182 valence electrons. The monoisotopic (exact) mass is 506 g/mol. The van der Waals surface area contributed by atoms with E-state index in [9.17, 15) is 23.7 Å². The number of nitrogens with one attached hydrogen (secondary N) is 2. The summed E-state index contributed by atoms with van der Waals surface area (Å²) in [5.41, 5.74) is 1.04. The third-order valence-electron chi connectivity index (χ3n) is 4.92. The van der Waals surface area contributed by atoms with Crippen molar-refractivity contribution in [1.82, 2.24) is 5.32 Å². The zero-order valence-corrected chi connectivity index (χ0v) is 19.8. The van der Waals surface area contributed by atoms with Crippen molar-refractivity contribution in [2.45, 2.75) is 30.1 Å². The second kappa shape index (κ2) is 12.0. The van der Waals surface area contributed by atoms with Crippen LogP contribution in [0.4, 0.5) is 5.69 Å². The van der Waals surface area contributed by atoms with E-state index >= 15 is 0 Å². The smallest absolute Gasteiger partial charge is 0.262 e. The van der Waals surface area contributed by atoms with Gasteiger partial charge in [-0.05, 0) is 54.8 Å². The van der Waals surface area contributed by atoms with Crippen LogP contribution in [-0.2, 0) is 16.4 Å². The first-order chi connectivity index (χ1) is 16.2. The van der Waals surface area contributed by atoms with Crippen molar-refractivity contribution in [1.29, 1.82) is 0 Å². The molecule has 0 aromatic heterocycles. The topological polar surface area (TPSA) is 128 Å². The number of hydrogen-bond donors (Lipinski definition) is 5. The summed E-state index contributed by atoms with van der Waals surface area (Å²) >= 11 is 5.80. The molecule has 3 aromatic rings. The molecule has 3 aromatic carbocycles. The molecule has 1 unspecified atom stereocenters. The Morgan fingerprint density at radius 2 is 1.68 bits per heavy atom. The number of ether oxygens (including phenoxy) is 1. The maximum absolute atomic E-state index is 12.6. The standard InChI is InChI=1S/C24H27ClN2O6S/c25-18-7-10-21(11-8-18)34(31,32)27-22-14-20(9-12-23(22)29)33-16-19(28)15-26-24(30)13-6-17-4-2-1-3-5-17/h1-5,7-12,14,19,24,26-30H,6,13,15-16H2/t19?,24-/m0/s1. The van der Waals surface area contributed by atoms with Crippen molar-refractivity contribution in [3.8, 4) is 11.5 Å². The molecule has 0 spiro atoms. The van der Waals surface area contributed by atoms with Crippen LogP contribution in [-0.4, -0.2) is 49.2 Å². The molecule has 0 bridgehead atoms. The number of aromatic hydroxyl groups is 1. The van der Waals surface area contributed by atoms with Gasteiger partial charge in [0.25, 0.3) is 10.0 Å². The van der Waals surface area contributed by atoms with Crippen molar-refractivity contribution in [3.05, 3.63) is 83.4 Å². The molecule has 34 heavy (non-hydrogen) atoms. The Hall–Kier alpha value is -2.82. The molecule has 0 saturated heterocycles. The van der Waals surface area contributed by atoms with Gasteiger partial charge in [0.2, 0.25) is 0 Å². The first-order valence-electron chi connectivity index (χ1n) is 10.6. The molecule has 0 amide bonds. The Morgan fingerprint density at radius 3 is 2.38 bits per heavy atom. The van der Waals surface area contributed by atoms with Gasteiger partial charge >= 0.3 is 0 Å². The number of aryl methyl sites for hydroxylation is 1. The van der Waals surface area contributed by atoms with E-state index in [1.807, 2.05) is 30.3 Å². The number of sulfonamides is 1. The zero-order chi connectivity index (χ0) is 24.6. The minimum atomic E-state index is -3.96. The molecule has 0 aliphatic heterocycles. The molecular weight excluding hydrogens is 480 g/mol. The maximum Gasteiger partial charge on any atom is 0.262 e. The van der Waals surface area contributed by atoms with Crippen molar-refractivity contribution >= 4 is 27.3 Å². The number of anilines is 1. The number of phenolic OH excluding ortho intramolecular Hbond substituents is 1. The van der Waals surface area contributed by atoms with Crippen LogP contribution in [0.5, 0.6) is 11.5 Å². The number of hydrogen-bond acceptors (Lipinski definition) is 7. The Bertz CT molecular complexity index is 1160. The lowest BCUT2D eigenvalue weighted by atomic mass is 10.1. The summed E-state index contributed by atoms with van der Waals surface area (Å²) in [5, 5.41) is 33.5. The molecule has 0 fully saturated rings. The Kier molecular flexibility index (Phi) is 9.14. The fourth-order valence-corrected chi connectivity index (χ4v) is 4.27. The van der Waals surface area contributed by atoms with Gasteiger partial charge in [0.1, 0.15) is 30.4 Å². The summed E-state index contributed by atoms with van der Waals surface area (Å²) in [4.78, 5) is -0.0186. The van der Waals surface area contributed by atoms with Crippen molar-refractivity contribution in [2.75, 3.05) is 17.9 Å². The van der Waals surface area contributed by atoms with Crippen LogP contribution in [0.1, 0.15) is 12.0 Å². The third kappa shape index (κ3) is 7.89. The van der Waals surface area contributed by atoms with E-state index in [2.05, 4.69) is 10.0 Å². The van der Waals surface area contributed by atoms with Gasteiger partial charge in [0.15, 0.2) is 0 Å². The second-order valence-corrected chi connectivity index (χ2v) is 9.77. The van der Waals surface area contributed by atoms with Crippen LogP contribution in [0.3, 0.4) is 0 Å². The minimum absolute atomic E-state index is 0.0186. The molecule has 0 saturated carbocycles. The Labute approximate surface area is 203 Å². The predicted octanol–water partition coefficient (Wildman–Crippen LogP) is 3.13. The van der Waals surface area contributed by atoms with E-state index in [1.54, 1.807) is 0 Å². The third-order valence-corrected chi connectivity index (χ3v) is 6.55. The molecule has 0 radical (unpaired) electrons. The van der Waals surface area contributed by atoms with E-state index in [1.165, 1.54) is 42.5 Å². The number of aliphatic hydroxyl groups is 2. The Balaban J connectivity index is 1.49. The molecule has 8 nitrogen and oxygen atoms in total. The fraction of sp³-hybridized carbons (Fsp3) is 0.250. The second-order valence-electron chi connectivity index (χ2n) is 7.65. The number of rotatable bonds is 12. The largest absolute Gasteiger partial charge is 0.506 e. The molecule has 0 aliphatic rings. The first kappa shape index (κ1) is 25.8. The number of benzene rings is 3. The summed E-state index contributed by atoms with van der Waals surface area (Å²) in [6.45, 7) is -0.00333. The van der Waals surface area contributed by atoms with Crippen molar-refractivity contribution < 1.29 is 28.5 Å². The summed E-state index contributed by atoms with van der Waals surface area (Å²) in [6, 6.07) is 19.4. The quantitative estimate of drug-likeness (QED) is 0.188. The average molecular weight is 507 g/mol. The minimum Gasteiger partial charge on any atom is -0.506 e. The van der Waals surface area contributed by atoms with E-state index < -0.39 is 22.4 Å². The van der Waals surface area contributed by atoms with Crippen LogP contribution < -0.4 is 14.8 Å². The van der Waals surface area contributed by atoms with E-state index in [-0.39, 0.29) is 35.2 Å². The van der Waals surface area contributed by atoms with Crippen molar-refractivity contribution in [3.63, 3.8) is 0 Å². The van der Waals surface area contributed by atoms with Crippen LogP contribution in [0.15, 0.2) is 77.7 Å². The molecule has 5 N–H and O–H groups in total. The summed E-state index contributed by atoms with van der Waals surface area (Å²) < 4.78 is 32.9. The van der Waals surface area contributed by atoms with Gasteiger partial charge in [-0.15, -0.1) is 0 Å². The molecule has 10 heteroatoms. The maximum atomic E-state index is 12.6. The van der Waals surface area contributed by atoms with Gasteiger partial charge in [-0.25, -0.2) is 8.42 Å². The number of aliphatic hydroxyl groups excluding tert-OH is 2. The van der Waals surface area contributed by atoms with Crippen LogP contribution >= 0.6 is 11.6 Å². The summed E-state index contributed by atoms with van der Waals surface area (Å²) in [6.07, 6.45) is -0.511. The lowest BCUT2D eigenvalue weighted by Gasteiger charge is -2.17. The summed E-state index contributed by atoms with van der Waals surface area (Å²) in [7, 11) is -3.96. The van der Waals surface area contributed by atoms with E-state index in [0.717, 1.165) is 5.56 Å². The predicted molar refractivity (Wildman–Crippen MR) is 131 cm³/mol. The van der Waals surface area contributed by atoms with Crippen LogP contribution in [0, 0.1) is 0 Å². The highest BCUT2D eigenvalue weighted by Gasteiger charge is 2.17. The highest BCUT2D eigenvalue weighted by Crippen LogP contribution is 2.30. The lowest BCUT2D eigenvalue weighted by molar-refractivity contribution is 0.0712. The highest BCUT2D eigenvalue weighted by molar-refractivity contribution is 7.92.